The van der Waals surface area contributed by atoms with Crippen molar-refractivity contribution < 1.29 is 14.2 Å². The van der Waals surface area contributed by atoms with Crippen LogP contribution >= 0.6 is 0 Å². The zero-order valence-corrected chi connectivity index (χ0v) is 17.1. The number of rotatable bonds is 6. The van der Waals surface area contributed by atoms with Gasteiger partial charge < -0.3 is 24.4 Å². The third kappa shape index (κ3) is 4.30. The lowest BCUT2D eigenvalue weighted by molar-refractivity contribution is 0.122. The first-order valence-corrected chi connectivity index (χ1v) is 9.77. The Morgan fingerprint density at radius 3 is 2.81 bits per heavy atom. The first-order chi connectivity index (χ1) is 15.2. The lowest BCUT2D eigenvalue weighted by Gasteiger charge is -2.27. The fourth-order valence-electron chi connectivity index (χ4n) is 3.37. The minimum Gasteiger partial charge on any atom is -0.493 e. The molecule has 1 N–H and O–H groups in total. The number of hydrogen-bond donors (Lipinski definition) is 1. The molecule has 0 aliphatic carbocycles. The molecular formula is C23H21N5O3. The molecule has 2 heterocycles. The normalized spacial score (nSPS) is 13.3. The SMILES string of the molecule is C#CCOc1ccc(Nc2ccc3ncc(N4CCOCC4)nc3c2C#N)cc1OC. The summed E-state index contributed by atoms with van der Waals surface area (Å²) in [6.07, 6.45) is 6.99. The maximum absolute atomic E-state index is 9.88. The van der Waals surface area contributed by atoms with Crippen molar-refractivity contribution in [1.29, 1.82) is 5.26 Å². The van der Waals surface area contributed by atoms with Crippen LogP contribution in [0.25, 0.3) is 11.0 Å². The smallest absolute Gasteiger partial charge is 0.162 e. The molecule has 0 atom stereocenters. The molecule has 156 valence electrons. The number of hydrogen-bond acceptors (Lipinski definition) is 8. The standard InChI is InChI=1S/C23H21N5O3/c1-3-10-31-20-7-4-16(13-21(20)29-2)26-18-5-6-19-23(17(18)14-24)27-22(15-25-19)28-8-11-30-12-9-28/h1,4-7,13,15,26H,8-12H2,2H3. The number of nitriles is 1. The molecule has 1 aliphatic heterocycles. The van der Waals surface area contributed by atoms with Crippen molar-refractivity contribution in [3.63, 3.8) is 0 Å². The van der Waals surface area contributed by atoms with Gasteiger partial charge in [0.15, 0.2) is 11.5 Å². The number of anilines is 3. The first kappa shape index (κ1) is 20.3. The number of nitrogens with one attached hydrogen (secondary N) is 1. The lowest BCUT2D eigenvalue weighted by Crippen LogP contribution is -2.36. The number of terminal acetylenes is 1. The summed E-state index contributed by atoms with van der Waals surface area (Å²) in [6, 6.07) is 11.3. The summed E-state index contributed by atoms with van der Waals surface area (Å²) in [5.41, 5.74) is 3.00. The summed E-state index contributed by atoms with van der Waals surface area (Å²) in [7, 11) is 1.56. The summed E-state index contributed by atoms with van der Waals surface area (Å²) < 4.78 is 16.3. The van der Waals surface area contributed by atoms with Gasteiger partial charge >= 0.3 is 0 Å². The molecule has 3 aromatic rings. The topological polar surface area (TPSA) is 92.5 Å². The van der Waals surface area contributed by atoms with Gasteiger partial charge in [0.2, 0.25) is 0 Å². The Morgan fingerprint density at radius 1 is 1.23 bits per heavy atom. The average Bonchev–Trinajstić information content (AvgIpc) is 2.83. The molecule has 0 radical (unpaired) electrons. The zero-order chi connectivity index (χ0) is 21.6. The van der Waals surface area contributed by atoms with Crippen LogP contribution in [0.2, 0.25) is 0 Å². The molecule has 1 aliphatic rings. The Morgan fingerprint density at radius 2 is 2.06 bits per heavy atom. The fourth-order valence-corrected chi connectivity index (χ4v) is 3.37. The van der Waals surface area contributed by atoms with E-state index >= 15 is 0 Å². The van der Waals surface area contributed by atoms with E-state index in [4.69, 9.17) is 25.6 Å². The number of ether oxygens (including phenoxy) is 3. The summed E-state index contributed by atoms with van der Waals surface area (Å²) in [5, 5.41) is 13.2. The molecule has 8 heteroatoms. The second-order valence-electron chi connectivity index (χ2n) is 6.78. The van der Waals surface area contributed by atoms with E-state index in [-0.39, 0.29) is 6.61 Å². The third-order valence-electron chi connectivity index (χ3n) is 4.90. The van der Waals surface area contributed by atoms with Crippen LogP contribution in [-0.2, 0) is 4.74 Å². The average molecular weight is 415 g/mol. The molecule has 2 aromatic carbocycles. The molecule has 0 amide bonds. The molecule has 0 bridgehead atoms. The zero-order valence-electron chi connectivity index (χ0n) is 17.1. The monoisotopic (exact) mass is 415 g/mol. The second kappa shape index (κ2) is 9.21. The summed E-state index contributed by atoms with van der Waals surface area (Å²) in [4.78, 5) is 11.3. The Kier molecular flexibility index (Phi) is 6.02. The van der Waals surface area contributed by atoms with Crippen LogP contribution < -0.4 is 19.7 Å². The predicted octanol–water partition coefficient (Wildman–Crippen LogP) is 3.10. The van der Waals surface area contributed by atoms with Gasteiger partial charge in [-0.1, -0.05) is 5.92 Å². The largest absolute Gasteiger partial charge is 0.493 e. The van der Waals surface area contributed by atoms with Gasteiger partial charge in [-0.2, -0.15) is 5.26 Å². The Labute approximate surface area is 180 Å². The van der Waals surface area contributed by atoms with Crippen molar-refractivity contribution in [1.82, 2.24) is 9.97 Å². The highest BCUT2D eigenvalue weighted by molar-refractivity contribution is 5.89. The highest BCUT2D eigenvalue weighted by Crippen LogP contribution is 2.33. The maximum Gasteiger partial charge on any atom is 0.162 e. The van der Waals surface area contributed by atoms with Crippen molar-refractivity contribution in [2.24, 2.45) is 0 Å². The summed E-state index contributed by atoms with van der Waals surface area (Å²) in [5.74, 6) is 4.25. The first-order valence-electron chi connectivity index (χ1n) is 9.77. The van der Waals surface area contributed by atoms with Gasteiger partial charge in [0.05, 0.1) is 37.7 Å². The van der Waals surface area contributed by atoms with Crippen molar-refractivity contribution >= 4 is 28.2 Å². The van der Waals surface area contributed by atoms with Crippen molar-refractivity contribution in [2.75, 3.05) is 50.2 Å². The fraction of sp³-hybridized carbons (Fsp3) is 0.261. The van der Waals surface area contributed by atoms with Crippen LogP contribution in [0.15, 0.2) is 36.5 Å². The van der Waals surface area contributed by atoms with Crippen LogP contribution in [0.3, 0.4) is 0 Å². The van der Waals surface area contributed by atoms with E-state index in [0.29, 0.717) is 47.0 Å². The van der Waals surface area contributed by atoms with Crippen LogP contribution in [0, 0.1) is 23.7 Å². The summed E-state index contributed by atoms with van der Waals surface area (Å²) >= 11 is 0. The molecule has 0 saturated carbocycles. The minimum atomic E-state index is 0.149. The number of fused-ring (bicyclic) bond motifs is 1. The molecule has 4 rings (SSSR count). The highest BCUT2D eigenvalue weighted by atomic mass is 16.5. The molecule has 1 aromatic heterocycles. The van der Waals surface area contributed by atoms with Gasteiger partial charge in [-0.15, -0.1) is 6.42 Å². The Bertz CT molecular complexity index is 1180. The van der Waals surface area contributed by atoms with Crippen LogP contribution in [0.1, 0.15) is 5.56 Å². The van der Waals surface area contributed by atoms with Gasteiger partial charge in [-0.3, -0.25) is 4.98 Å². The number of nitrogens with zero attached hydrogens (tertiary/aromatic N) is 4. The van der Waals surface area contributed by atoms with E-state index in [0.717, 1.165) is 24.6 Å². The molecule has 8 nitrogen and oxygen atoms in total. The van der Waals surface area contributed by atoms with Gasteiger partial charge in [-0.25, -0.2) is 4.98 Å². The number of aromatic nitrogens is 2. The Hall–Kier alpha value is -4.01. The Balaban J connectivity index is 1.67. The maximum atomic E-state index is 9.88. The number of methoxy groups -OCH3 is 1. The minimum absolute atomic E-state index is 0.149. The van der Waals surface area contributed by atoms with E-state index in [2.05, 4.69) is 27.2 Å². The van der Waals surface area contributed by atoms with E-state index < -0.39 is 0 Å². The predicted molar refractivity (Wildman–Crippen MR) is 118 cm³/mol. The molecule has 1 fully saturated rings. The second-order valence-corrected chi connectivity index (χ2v) is 6.78. The van der Waals surface area contributed by atoms with Crippen molar-refractivity contribution in [2.45, 2.75) is 0 Å². The van der Waals surface area contributed by atoms with Crippen LogP contribution in [-0.4, -0.2) is 50.0 Å². The van der Waals surface area contributed by atoms with E-state index in [1.54, 1.807) is 25.4 Å². The van der Waals surface area contributed by atoms with Gasteiger partial charge in [0.25, 0.3) is 0 Å². The van der Waals surface area contributed by atoms with Crippen molar-refractivity contribution in [3.05, 3.63) is 42.1 Å². The number of benzene rings is 2. The molecule has 0 unspecified atom stereocenters. The van der Waals surface area contributed by atoms with Crippen molar-refractivity contribution in [3.8, 4) is 29.9 Å². The van der Waals surface area contributed by atoms with Gasteiger partial charge in [-0.05, 0) is 24.3 Å². The van der Waals surface area contributed by atoms with E-state index in [9.17, 15) is 5.26 Å². The molecule has 0 spiro atoms. The molecule has 31 heavy (non-hydrogen) atoms. The van der Waals surface area contributed by atoms with Gasteiger partial charge in [0, 0.05) is 24.8 Å². The lowest BCUT2D eigenvalue weighted by atomic mass is 10.1. The van der Waals surface area contributed by atoms with Crippen LogP contribution in [0.4, 0.5) is 17.2 Å². The quantitative estimate of drug-likeness (QED) is 0.614. The molecule has 1 saturated heterocycles. The third-order valence-corrected chi connectivity index (χ3v) is 4.90. The van der Waals surface area contributed by atoms with E-state index in [1.165, 1.54) is 0 Å². The number of morpholine rings is 1. The highest BCUT2D eigenvalue weighted by Gasteiger charge is 2.16. The van der Waals surface area contributed by atoms with Gasteiger partial charge in [0.1, 0.15) is 29.6 Å². The summed E-state index contributed by atoms with van der Waals surface area (Å²) in [6.45, 7) is 2.93. The van der Waals surface area contributed by atoms with E-state index in [1.807, 2.05) is 18.2 Å². The van der Waals surface area contributed by atoms with Crippen LogP contribution in [0.5, 0.6) is 11.5 Å². The molecular weight excluding hydrogens is 394 g/mol.